The van der Waals surface area contributed by atoms with Crippen LogP contribution in [0.4, 0.5) is 25.0 Å². The first-order valence-electron chi connectivity index (χ1n) is 14.0. The number of rotatable bonds is 6. The number of hydrogen-bond donors (Lipinski definition) is 2. The van der Waals surface area contributed by atoms with Crippen molar-refractivity contribution in [2.24, 2.45) is 0 Å². The van der Waals surface area contributed by atoms with Gasteiger partial charge in [-0.2, -0.15) is 5.26 Å². The number of ether oxygens (including phenoxy) is 2. The zero-order valence-electron chi connectivity index (χ0n) is 23.9. The largest absolute Gasteiger partial charge is 0.376 e. The van der Waals surface area contributed by atoms with Crippen molar-refractivity contribution < 1.29 is 27.8 Å². The number of nitrogens with one attached hydrogen (secondary N) is 2. The molecule has 232 valence electrons. The molecule has 2 fully saturated rings. The average molecular weight is 631 g/mol. The van der Waals surface area contributed by atoms with Crippen LogP contribution in [0.25, 0.3) is 10.9 Å². The first kappa shape index (κ1) is 31.1. The summed E-state index contributed by atoms with van der Waals surface area (Å²) in [6.45, 7) is 3.83. The Labute approximate surface area is 254 Å². The normalized spacial score (nSPS) is 18.4. The van der Waals surface area contributed by atoms with Crippen LogP contribution in [-0.2, 0) is 20.8 Å². The standard InChI is InChI=1S/C29H29ClF2N6O6/c1-15(2)38-24-11-21(32)22(9-18(24)27(40)37(29(38)42)13-17-4-3-6-43-17)35-28(41)36-5-7-44-25(14-36)26(39)34-23-10-19(30)16(12-33)8-20(23)31/h8-11,15,17,25H,3-7,13-14H2,1-2H3,(H,34,39)(H,35,41)/t17-,25+/m0/s1. The van der Waals surface area contributed by atoms with Crippen molar-refractivity contribution in [1.82, 2.24) is 14.0 Å². The molecule has 0 bridgehead atoms. The van der Waals surface area contributed by atoms with Gasteiger partial charge in [-0.3, -0.25) is 18.7 Å². The molecule has 2 aliphatic heterocycles. The molecule has 2 aliphatic rings. The third kappa shape index (κ3) is 6.17. The van der Waals surface area contributed by atoms with Gasteiger partial charge in [0.05, 0.1) is 58.7 Å². The van der Waals surface area contributed by atoms with E-state index in [4.69, 9.17) is 26.3 Å². The first-order valence-corrected chi connectivity index (χ1v) is 14.3. The van der Waals surface area contributed by atoms with Crippen LogP contribution in [0.5, 0.6) is 0 Å². The molecule has 1 aromatic heterocycles. The predicted molar refractivity (Wildman–Crippen MR) is 157 cm³/mol. The molecule has 2 saturated heterocycles. The van der Waals surface area contributed by atoms with Crippen LogP contribution >= 0.6 is 11.6 Å². The zero-order valence-corrected chi connectivity index (χ0v) is 24.6. The van der Waals surface area contributed by atoms with Gasteiger partial charge < -0.3 is 25.0 Å². The molecule has 12 nitrogen and oxygen atoms in total. The molecule has 15 heteroatoms. The van der Waals surface area contributed by atoms with Crippen LogP contribution in [-0.4, -0.2) is 64.5 Å². The highest BCUT2D eigenvalue weighted by atomic mass is 35.5. The summed E-state index contributed by atoms with van der Waals surface area (Å²) in [5, 5.41) is 13.8. The Bertz CT molecular complexity index is 1800. The Morgan fingerprint density at radius 2 is 1.82 bits per heavy atom. The second kappa shape index (κ2) is 12.7. The quantitative estimate of drug-likeness (QED) is 0.423. The van der Waals surface area contributed by atoms with E-state index in [1.165, 1.54) is 15.5 Å². The molecule has 44 heavy (non-hydrogen) atoms. The number of aromatic nitrogens is 2. The highest BCUT2D eigenvalue weighted by Crippen LogP contribution is 2.26. The van der Waals surface area contributed by atoms with Crippen LogP contribution in [0.3, 0.4) is 0 Å². The molecule has 0 unspecified atom stereocenters. The van der Waals surface area contributed by atoms with Crippen molar-refractivity contribution in [2.75, 3.05) is 36.9 Å². The van der Waals surface area contributed by atoms with Gasteiger partial charge in [0.25, 0.3) is 11.5 Å². The van der Waals surface area contributed by atoms with E-state index in [2.05, 4.69) is 10.6 Å². The van der Waals surface area contributed by atoms with Crippen LogP contribution < -0.4 is 21.9 Å². The minimum Gasteiger partial charge on any atom is -0.376 e. The van der Waals surface area contributed by atoms with E-state index < -0.39 is 47.0 Å². The summed E-state index contributed by atoms with van der Waals surface area (Å²) in [6.07, 6.45) is 0.0212. The van der Waals surface area contributed by atoms with Gasteiger partial charge in [0.15, 0.2) is 6.10 Å². The minimum atomic E-state index is -1.20. The summed E-state index contributed by atoms with van der Waals surface area (Å²) in [7, 11) is 0. The van der Waals surface area contributed by atoms with Crippen LogP contribution in [0.1, 0.15) is 38.3 Å². The molecule has 0 aliphatic carbocycles. The molecule has 3 aromatic rings. The Morgan fingerprint density at radius 1 is 1.09 bits per heavy atom. The molecule has 2 N–H and O–H groups in total. The van der Waals surface area contributed by atoms with Gasteiger partial charge in [0.1, 0.15) is 17.7 Å². The highest BCUT2D eigenvalue weighted by Gasteiger charge is 2.31. The predicted octanol–water partition coefficient (Wildman–Crippen LogP) is 3.60. The maximum absolute atomic E-state index is 15.3. The number of fused-ring (bicyclic) bond motifs is 1. The van der Waals surface area contributed by atoms with Gasteiger partial charge in [-0.15, -0.1) is 0 Å². The molecule has 5 rings (SSSR count). The number of hydrogen-bond acceptors (Lipinski definition) is 7. The van der Waals surface area contributed by atoms with E-state index in [9.17, 15) is 23.6 Å². The number of carbonyl (C=O) groups is 2. The monoisotopic (exact) mass is 630 g/mol. The van der Waals surface area contributed by atoms with Gasteiger partial charge in [-0.05, 0) is 44.9 Å². The van der Waals surface area contributed by atoms with Crippen molar-refractivity contribution >= 4 is 45.8 Å². The summed E-state index contributed by atoms with van der Waals surface area (Å²) < 4.78 is 43.2. The second-order valence-electron chi connectivity index (χ2n) is 10.8. The number of nitrogens with zero attached hydrogens (tertiary/aromatic N) is 4. The molecule has 3 heterocycles. The third-order valence-electron chi connectivity index (χ3n) is 7.51. The first-order chi connectivity index (χ1) is 21.0. The maximum Gasteiger partial charge on any atom is 0.331 e. The van der Waals surface area contributed by atoms with E-state index in [0.29, 0.717) is 13.0 Å². The van der Waals surface area contributed by atoms with E-state index in [-0.39, 0.29) is 65.2 Å². The van der Waals surface area contributed by atoms with Crippen LogP contribution in [0.2, 0.25) is 5.02 Å². The summed E-state index contributed by atoms with van der Waals surface area (Å²) in [5.41, 5.74) is -1.79. The average Bonchev–Trinajstić information content (AvgIpc) is 3.51. The SMILES string of the molecule is CC(C)n1c(=O)n(C[C@@H]2CCCO2)c(=O)c2cc(NC(=O)N3CCO[C@@H](C(=O)Nc4cc(Cl)c(C#N)cc4F)C3)c(F)cc21. The second-order valence-corrected chi connectivity index (χ2v) is 11.2. The van der Waals surface area contributed by atoms with Gasteiger partial charge in [0.2, 0.25) is 0 Å². The number of anilines is 2. The van der Waals surface area contributed by atoms with Crippen molar-refractivity contribution in [3.05, 3.63) is 67.3 Å². The molecular formula is C29H29ClF2N6O6. The summed E-state index contributed by atoms with van der Waals surface area (Å²) in [6, 6.07) is 4.78. The number of amides is 3. The van der Waals surface area contributed by atoms with Crippen molar-refractivity contribution in [3.63, 3.8) is 0 Å². The van der Waals surface area contributed by atoms with Gasteiger partial charge in [-0.25, -0.2) is 18.4 Å². The molecule has 3 amide bonds. The number of carbonyl (C=O) groups excluding carboxylic acids is 2. The van der Waals surface area contributed by atoms with Crippen LogP contribution in [0.15, 0.2) is 33.9 Å². The smallest absolute Gasteiger partial charge is 0.331 e. The summed E-state index contributed by atoms with van der Waals surface area (Å²) >= 11 is 5.94. The zero-order chi connectivity index (χ0) is 31.7. The molecule has 0 radical (unpaired) electrons. The fraction of sp³-hybridized carbons (Fsp3) is 0.414. The molecule has 2 aromatic carbocycles. The fourth-order valence-electron chi connectivity index (χ4n) is 5.27. The lowest BCUT2D eigenvalue weighted by Gasteiger charge is -2.32. The van der Waals surface area contributed by atoms with Crippen molar-refractivity contribution in [1.29, 1.82) is 5.26 Å². The number of morpholine rings is 1. The molecule has 0 spiro atoms. The van der Waals surface area contributed by atoms with Gasteiger partial charge in [0, 0.05) is 25.3 Å². The lowest BCUT2D eigenvalue weighted by molar-refractivity contribution is -0.131. The van der Waals surface area contributed by atoms with Crippen molar-refractivity contribution in [2.45, 2.75) is 51.5 Å². The molecular weight excluding hydrogens is 602 g/mol. The summed E-state index contributed by atoms with van der Waals surface area (Å²) in [4.78, 5) is 53.9. The Morgan fingerprint density at radius 3 is 2.50 bits per heavy atom. The topological polar surface area (TPSA) is 148 Å². The number of nitriles is 1. The van der Waals surface area contributed by atoms with E-state index in [1.807, 2.05) is 0 Å². The Hall–Kier alpha value is -4.32. The van der Waals surface area contributed by atoms with Crippen LogP contribution in [0, 0.1) is 23.0 Å². The molecule has 0 saturated carbocycles. The lowest BCUT2D eigenvalue weighted by atomic mass is 10.1. The Balaban J connectivity index is 1.37. The minimum absolute atomic E-state index is 0.0373. The summed E-state index contributed by atoms with van der Waals surface area (Å²) in [5.74, 6) is -2.52. The number of benzene rings is 2. The van der Waals surface area contributed by atoms with Gasteiger partial charge in [-0.1, -0.05) is 11.6 Å². The number of halogens is 3. The third-order valence-corrected chi connectivity index (χ3v) is 7.82. The van der Waals surface area contributed by atoms with E-state index >= 15 is 4.39 Å². The van der Waals surface area contributed by atoms with Crippen molar-refractivity contribution in [3.8, 4) is 6.07 Å². The number of urea groups is 1. The fourth-order valence-corrected chi connectivity index (χ4v) is 5.48. The van der Waals surface area contributed by atoms with Gasteiger partial charge >= 0.3 is 11.7 Å². The van der Waals surface area contributed by atoms with E-state index in [0.717, 1.165) is 29.2 Å². The Kier molecular flexibility index (Phi) is 9.00. The van der Waals surface area contributed by atoms with E-state index in [1.54, 1.807) is 19.9 Å². The lowest BCUT2D eigenvalue weighted by Crippen LogP contribution is -2.51. The maximum atomic E-state index is 15.3. The highest BCUT2D eigenvalue weighted by molar-refractivity contribution is 6.32. The molecule has 2 atom stereocenters.